The molecule has 20 heavy (non-hydrogen) atoms. The number of aryl methyl sites for hydroxylation is 2. The third-order valence-corrected chi connectivity index (χ3v) is 3.49. The molecule has 0 amide bonds. The van der Waals surface area contributed by atoms with Crippen molar-refractivity contribution in [2.75, 3.05) is 7.05 Å². The van der Waals surface area contributed by atoms with Gasteiger partial charge in [-0.05, 0) is 24.6 Å². The summed E-state index contributed by atoms with van der Waals surface area (Å²) in [7, 11) is 3.83. The molecule has 0 aliphatic heterocycles. The Labute approximate surface area is 118 Å². The molecule has 0 saturated heterocycles. The number of rotatable bonds is 2. The second kappa shape index (κ2) is 4.93. The minimum atomic E-state index is 0.991. The summed E-state index contributed by atoms with van der Waals surface area (Å²) in [5, 5.41) is 0. The molecule has 0 radical (unpaired) electrons. The highest BCUT2D eigenvalue weighted by Crippen LogP contribution is 2.24. The van der Waals surface area contributed by atoms with Crippen molar-refractivity contribution in [1.82, 2.24) is 9.55 Å². The van der Waals surface area contributed by atoms with Gasteiger partial charge in [0, 0.05) is 25.9 Å². The average Bonchev–Trinajstić information content (AvgIpc) is 2.77. The number of imidazole rings is 1. The maximum absolute atomic E-state index is 4.76. The number of nitrogens with zero attached hydrogens (tertiary/aromatic N) is 3. The summed E-state index contributed by atoms with van der Waals surface area (Å²) in [5.74, 6) is 0.991. The van der Waals surface area contributed by atoms with E-state index in [4.69, 9.17) is 4.98 Å². The van der Waals surface area contributed by atoms with Crippen LogP contribution in [0, 0.1) is 6.92 Å². The van der Waals surface area contributed by atoms with E-state index in [0.29, 0.717) is 0 Å². The molecule has 0 aliphatic rings. The van der Waals surface area contributed by atoms with Crippen molar-refractivity contribution in [3.8, 4) is 11.4 Å². The van der Waals surface area contributed by atoms with Gasteiger partial charge in [-0.1, -0.05) is 35.9 Å². The van der Waals surface area contributed by atoms with Crippen LogP contribution in [0.2, 0.25) is 0 Å². The molecule has 1 aromatic heterocycles. The lowest BCUT2D eigenvalue weighted by atomic mass is 10.1. The predicted octanol–water partition coefficient (Wildman–Crippen LogP) is 3.60. The van der Waals surface area contributed by atoms with Crippen LogP contribution in [0.15, 0.2) is 47.5 Å². The lowest BCUT2D eigenvalue weighted by molar-refractivity contribution is 0.959. The molecular formula is C17H17N3. The molecule has 0 unspecified atom stereocenters. The van der Waals surface area contributed by atoms with Crippen molar-refractivity contribution in [2.45, 2.75) is 6.92 Å². The van der Waals surface area contributed by atoms with Gasteiger partial charge in [-0.3, -0.25) is 4.99 Å². The molecule has 3 aromatic rings. The Hall–Kier alpha value is -2.42. The van der Waals surface area contributed by atoms with Crippen LogP contribution in [0.3, 0.4) is 0 Å². The summed E-state index contributed by atoms with van der Waals surface area (Å²) in [4.78, 5) is 8.81. The van der Waals surface area contributed by atoms with Crippen molar-refractivity contribution < 1.29 is 0 Å². The lowest BCUT2D eigenvalue weighted by Crippen LogP contribution is -1.92. The predicted molar refractivity (Wildman–Crippen MR) is 84.4 cm³/mol. The Bertz CT molecular complexity index is 780. The Balaban J connectivity index is 2.17. The molecular weight excluding hydrogens is 246 g/mol. The van der Waals surface area contributed by atoms with Crippen LogP contribution in [-0.2, 0) is 7.05 Å². The minimum absolute atomic E-state index is 0.991. The van der Waals surface area contributed by atoms with Gasteiger partial charge in [0.1, 0.15) is 5.82 Å². The topological polar surface area (TPSA) is 30.2 Å². The molecule has 1 heterocycles. The van der Waals surface area contributed by atoms with E-state index >= 15 is 0 Å². The number of aliphatic imine (C=N–C) groups is 1. The Kier molecular flexibility index (Phi) is 3.11. The SMILES string of the molecule is C/N=C/c1ccc2c(c1)nc(-c1ccc(C)cc1)n2C. The molecule has 0 aliphatic carbocycles. The Morgan fingerprint density at radius 2 is 1.85 bits per heavy atom. The maximum Gasteiger partial charge on any atom is 0.140 e. The first kappa shape index (κ1) is 12.6. The Morgan fingerprint density at radius 1 is 1.10 bits per heavy atom. The summed E-state index contributed by atoms with van der Waals surface area (Å²) in [6.45, 7) is 2.09. The van der Waals surface area contributed by atoms with Crippen LogP contribution in [0.25, 0.3) is 22.4 Å². The fourth-order valence-electron chi connectivity index (χ4n) is 2.41. The number of aromatic nitrogens is 2. The van der Waals surface area contributed by atoms with E-state index in [-0.39, 0.29) is 0 Å². The first-order valence-corrected chi connectivity index (χ1v) is 6.65. The number of fused-ring (bicyclic) bond motifs is 1. The van der Waals surface area contributed by atoms with Crippen molar-refractivity contribution >= 4 is 17.2 Å². The number of hydrogen-bond donors (Lipinski definition) is 0. The third kappa shape index (κ3) is 2.11. The van der Waals surface area contributed by atoms with Crippen LogP contribution in [0.1, 0.15) is 11.1 Å². The summed E-state index contributed by atoms with van der Waals surface area (Å²) >= 11 is 0. The number of benzene rings is 2. The van der Waals surface area contributed by atoms with Gasteiger partial charge in [-0.15, -0.1) is 0 Å². The second-order valence-corrected chi connectivity index (χ2v) is 5.00. The van der Waals surface area contributed by atoms with Gasteiger partial charge in [0.25, 0.3) is 0 Å². The molecule has 100 valence electrons. The van der Waals surface area contributed by atoms with Gasteiger partial charge in [0.2, 0.25) is 0 Å². The third-order valence-electron chi connectivity index (χ3n) is 3.49. The van der Waals surface area contributed by atoms with Crippen LogP contribution in [0.4, 0.5) is 0 Å². The summed E-state index contributed by atoms with van der Waals surface area (Å²) in [6.07, 6.45) is 1.85. The molecule has 0 spiro atoms. The van der Waals surface area contributed by atoms with E-state index in [0.717, 1.165) is 28.0 Å². The highest BCUT2D eigenvalue weighted by Gasteiger charge is 2.09. The van der Waals surface area contributed by atoms with Gasteiger partial charge in [0.05, 0.1) is 11.0 Å². The summed E-state index contributed by atoms with van der Waals surface area (Å²) in [5.41, 5.74) is 5.61. The van der Waals surface area contributed by atoms with E-state index in [1.807, 2.05) is 6.21 Å². The average molecular weight is 263 g/mol. The smallest absolute Gasteiger partial charge is 0.140 e. The molecule has 0 saturated carbocycles. The summed E-state index contributed by atoms with van der Waals surface area (Å²) < 4.78 is 2.13. The molecule has 3 nitrogen and oxygen atoms in total. The zero-order valence-corrected chi connectivity index (χ0v) is 12.0. The van der Waals surface area contributed by atoms with E-state index in [1.54, 1.807) is 7.05 Å². The van der Waals surface area contributed by atoms with Gasteiger partial charge < -0.3 is 4.57 Å². The fraction of sp³-hybridized carbons (Fsp3) is 0.176. The van der Waals surface area contributed by atoms with Crippen molar-refractivity contribution in [3.05, 3.63) is 53.6 Å². The van der Waals surface area contributed by atoms with Crippen LogP contribution in [0.5, 0.6) is 0 Å². The molecule has 0 atom stereocenters. The minimum Gasteiger partial charge on any atom is -0.327 e. The molecule has 0 fully saturated rings. The van der Waals surface area contributed by atoms with Crippen molar-refractivity contribution in [3.63, 3.8) is 0 Å². The first-order valence-electron chi connectivity index (χ1n) is 6.65. The monoisotopic (exact) mass is 263 g/mol. The largest absolute Gasteiger partial charge is 0.327 e. The Morgan fingerprint density at radius 3 is 2.55 bits per heavy atom. The zero-order valence-electron chi connectivity index (χ0n) is 12.0. The van der Waals surface area contributed by atoms with Crippen LogP contribution in [-0.4, -0.2) is 22.8 Å². The zero-order chi connectivity index (χ0) is 14.1. The van der Waals surface area contributed by atoms with E-state index in [2.05, 4.69) is 66.0 Å². The van der Waals surface area contributed by atoms with E-state index in [9.17, 15) is 0 Å². The summed E-state index contributed by atoms with van der Waals surface area (Å²) in [6, 6.07) is 14.7. The van der Waals surface area contributed by atoms with Crippen molar-refractivity contribution in [2.24, 2.45) is 12.0 Å². The molecule has 0 N–H and O–H groups in total. The van der Waals surface area contributed by atoms with Gasteiger partial charge in [-0.25, -0.2) is 4.98 Å². The maximum atomic E-state index is 4.76. The molecule has 3 rings (SSSR count). The van der Waals surface area contributed by atoms with Gasteiger partial charge in [-0.2, -0.15) is 0 Å². The van der Waals surface area contributed by atoms with Gasteiger partial charge >= 0.3 is 0 Å². The molecule has 3 heteroatoms. The number of hydrogen-bond acceptors (Lipinski definition) is 2. The first-order chi connectivity index (χ1) is 9.69. The second-order valence-electron chi connectivity index (χ2n) is 5.00. The van der Waals surface area contributed by atoms with Gasteiger partial charge in [0.15, 0.2) is 0 Å². The highest BCUT2D eigenvalue weighted by atomic mass is 15.1. The molecule has 2 aromatic carbocycles. The van der Waals surface area contributed by atoms with Crippen molar-refractivity contribution in [1.29, 1.82) is 0 Å². The van der Waals surface area contributed by atoms with E-state index < -0.39 is 0 Å². The van der Waals surface area contributed by atoms with E-state index in [1.165, 1.54) is 5.56 Å². The lowest BCUT2D eigenvalue weighted by Gasteiger charge is -2.02. The van der Waals surface area contributed by atoms with Crippen LogP contribution >= 0.6 is 0 Å². The highest BCUT2D eigenvalue weighted by molar-refractivity contribution is 5.88. The van der Waals surface area contributed by atoms with Crippen LogP contribution < -0.4 is 0 Å². The fourth-order valence-corrected chi connectivity index (χ4v) is 2.41. The standard InChI is InChI=1S/C17H17N3/c1-12-4-7-14(8-5-12)17-19-15-10-13(11-18-2)6-9-16(15)20(17)3/h4-11H,1-3H3/b18-11+. The quantitative estimate of drug-likeness (QED) is 0.650. The molecule has 0 bridgehead atoms. The normalized spacial score (nSPS) is 11.6.